The van der Waals surface area contributed by atoms with Crippen molar-refractivity contribution in [2.75, 3.05) is 19.5 Å². The first-order valence-electron chi connectivity index (χ1n) is 10.7. The molecule has 0 spiro atoms. The maximum atomic E-state index is 14.8. The fourth-order valence-corrected chi connectivity index (χ4v) is 3.72. The van der Waals surface area contributed by atoms with Gasteiger partial charge in [0.1, 0.15) is 23.7 Å². The van der Waals surface area contributed by atoms with Crippen molar-refractivity contribution in [3.8, 4) is 23.1 Å². The van der Waals surface area contributed by atoms with Crippen molar-refractivity contribution in [3.05, 3.63) is 76.6 Å². The van der Waals surface area contributed by atoms with Gasteiger partial charge in [-0.15, -0.1) is 0 Å². The summed E-state index contributed by atoms with van der Waals surface area (Å²) < 4.78 is 84.7. The van der Waals surface area contributed by atoms with Crippen molar-refractivity contribution in [2.24, 2.45) is 0 Å². The summed E-state index contributed by atoms with van der Waals surface area (Å²) in [6.07, 6.45) is -3.71. The number of hydrogen-bond acceptors (Lipinski definition) is 7. The number of aromatic nitrogens is 2. The van der Waals surface area contributed by atoms with Crippen LogP contribution in [0.2, 0.25) is 5.02 Å². The number of nitrogens with one attached hydrogen (secondary N) is 1. The lowest BCUT2D eigenvalue weighted by atomic mass is 10.1. The molecule has 1 heterocycles. The number of amides is 1. The second-order valence-electron chi connectivity index (χ2n) is 7.74. The highest BCUT2D eigenvalue weighted by atomic mass is 35.5. The molecule has 4 aromatic rings. The zero-order chi connectivity index (χ0) is 28.5. The molecule has 1 amide bonds. The molecule has 0 saturated carbocycles. The Morgan fingerprint density at radius 3 is 2.18 bits per heavy atom. The van der Waals surface area contributed by atoms with Gasteiger partial charge >= 0.3 is 6.18 Å². The predicted molar refractivity (Wildman–Crippen MR) is 128 cm³/mol. The topological polar surface area (TPSA) is 99.6 Å². The molecular weight excluding hydrogens is 553 g/mol. The van der Waals surface area contributed by atoms with Crippen LogP contribution in [-0.4, -0.2) is 35.9 Å². The van der Waals surface area contributed by atoms with Crippen molar-refractivity contribution < 1.29 is 45.8 Å². The predicted octanol–water partition coefficient (Wildman–Crippen LogP) is 6.21. The first-order chi connectivity index (χ1) is 18.4. The Morgan fingerprint density at radius 1 is 0.923 bits per heavy atom. The Balaban J connectivity index is 1.60. The number of nitrogens with zero attached hydrogens (tertiary/aromatic N) is 2. The van der Waals surface area contributed by atoms with Crippen LogP contribution in [0.1, 0.15) is 15.9 Å². The number of carbonyl (C=O) groups excluding carboxylic acids is 2. The van der Waals surface area contributed by atoms with Gasteiger partial charge in [0.05, 0.1) is 41.3 Å². The highest BCUT2D eigenvalue weighted by Gasteiger charge is 2.34. The third-order valence-electron chi connectivity index (χ3n) is 5.30. The van der Waals surface area contributed by atoms with Crippen molar-refractivity contribution in [3.63, 3.8) is 0 Å². The third kappa shape index (κ3) is 5.67. The summed E-state index contributed by atoms with van der Waals surface area (Å²) in [7, 11) is 2.82. The smallest absolute Gasteiger partial charge is 0.417 e. The Morgan fingerprint density at radius 2 is 1.56 bits per heavy atom. The van der Waals surface area contributed by atoms with Crippen molar-refractivity contribution in [2.45, 2.75) is 6.18 Å². The number of anilines is 1. The zero-order valence-electron chi connectivity index (χ0n) is 19.8. The molecule has 39 heavy (non-hydrogen) atoms. The second kappa shape index (κ2) is 10.7. The molecule has 3 aromatic carbocycles. The molecule has 1 aromatic heterocycles. The zero-order valence-corrected chi connectivity index (χ0v) is 20.6. The number of ketones is 1. The Bertz CT molecular complexity index is 1590. The van der Waals surface area contributed by atoms with E-state index in [1.54, 1.807) is 0 Å². The average molecular weight is 568 g/mol. The summed E-state index contributed by atoms with van der Waals surface area (Å²) in [5, 5.41) is 1.54. The molecule has 0 radical (unpaired) electrons. The van der Waals surface area contributed by atoms with E-state index in [9.17, 15) is 31.5 Å². The SMILES string of the molecule is COc1cc2ncnc(Oc3cc(F)c(C(=O)C(=O)Nc4ccc(Cl)c(C(F)(F)F)c4)c(F)c3)c2cc1OC. The molecule has 0 atom stereocenters. The van der Waals surface area contributed by atoms with Crippen molar-refractivity contribution in [1.82, 2.24) is 9.97 Å². The van der Waals surface area contributed by atoms with Gasteiger partial charge in [0, 0.05) is 23.9 Å². The number of hydrogen-bond donors (Lipinski definition) is 1. The van der Waals surface area contributed by atoms with Crippen molar-refractivity contribution >= 4 is 39.9 Å². The third-order valence-corrected chi connectivity index (χ3v) is 5.63. The van der Waals surface area contributed by atoms with Crippen LogP contribution in [0.4, 0.5) is 27.6 Å². The van der Waals surface area contributed by atoms with Crippen LogP contribution in [0.3, 0.4) is 0 Å². The van der Waals surface area contributed by atoms with Crippen LogP contribution >= 0.6 is 11.6 Å². The number of halogens is 6. The van der Waals surface area contributed by atoms with Gasteiger partial charge < -0.3 is 19.5 Å². The molecule has 0 bridgehead atoms. The fourth-order valence-electron chi connectivity index (χ4n) is 3.50. The van der Waals surface area contributed by atoms with Gasteiger partial charge in [-0.25, -0.2) is 18.7 Å². The molecule has 0 aliphatic rings. The van der Waals surface area contributed by atoms with Gasteiger partial charge in [-0.2, -0.15) is 13.2 Å². The normalized spacial score (nSPS) is 11.3. The van der Waals surface area contributed by atoms with Gasteiger partial charge in [-0.1, -0.05) is 11.6 Å². The average Bonchev–Trinajstić information content (AvgIpc) is 2.88. The van der Waals surface area contributed by atoms with E-state index < -0.39 is 57.1 Å². The molecule has 8 nitrogen and oxygen atoms in total. The Labute approximate surface area is 221 Å². The summed E-state index contributed by atoms with van der Waals surface area (Å²) in [6, 6.07) is 6.61. The van der Waals surface area contributed by atoms with Crippen molar-refractivity contribution in [1.29, 1.82) is 0 Å². The number of benzene rings is 3. The molecular formula is C25H15ClF5N3O5. The first-order valence-corrected chi connectivity index (χ1v) is 11.1. The molecule has 202 valence electrons. The summed E-state index contributed by atoms with van der Waals surface area (Å²) in [5.74, 6) is -6.05. The Hall–Kier alpha value is -4.52. The largest absolute Gasteiger partial charge is 0.493 e. The van der Waals surface area contributed by atoms with E-state index in [2.05, 4.69) is 9.97 Å². The molecule has 14 heteroatoms. The minimum atomic E-state index is -4.85. The summed E-state index contributed by atoms with van der Waals surface area (Å²) in [6.45, 7) is 0. The van der Waals surface area contributed by atoms with E-state index in [0.717, 1.165) is 18.5 Å². The summed E-state index contributed by atoms with van der Waals surface area (Å²) in [5.41, 5.74) is -2.63. The number of ether oxygens (including phenoxy) is 3. The second-order valence-corrected chi connectivity index (χ2v) is 8.15. The van der Waals surface area contributed by atoms with Crippen LogP contribution in [0.5, 0.6) is 23.1 Å². The molecule has 0 fully saturated rings. The number of rotatable bonds is 7. The van der Waals surface area contributed by atoms with Crippen LogP contribution < -0.4 is 19.5 Å². The molecule has 0 aliphatic heterocycles. The first kappa shape index (κ1) is 27.5. The Kier molecular flexibility index (Phi) is 7.54. The maximum absolute atomic E-state index is 14.8. The molecule has 0 unspecified atom stereocenters. The van der Waals surface area contributed by atoms with Gasteiger partial charge in [-0.05, 0) is 24.3 Å². The van der Waals surface area contributed by atoms with Gasteiger partial charge in [0.25, 0.3) is 11.7 Å². The maximum Gasteiger partial charge on any atom is 0.417 e. The minimum Gasteiger partial charge on any atom is -0.493 e. The number of methoxy groups -OCH3 is 2. The van der Waals surface area contributed by atoms with Gasteiger partial charge in [0.2, 0.25) is 5.88 Å². The summed E-state index contributed by atoms with van der Waals surface area (Å²) >= 11 is 5.52. The minimum absolute atomic E-state index is 0.111. The number of Topliss-reactive ketones (excluding diaryl/α,β-unsaturated/α-hetero) is 1. The van der Waals surface area contributed by atoms with Gasteiger partial charge in [-0.3, -0.25) is 9.59 Å². The van der Waals surface area contributed by atoms with Crippen LogP contribution in [0, 0.1) is 11.6 Å². The van der Waals surface area contributed by atoms with E-state index in [0.29, 0.717) is 40.6 Å². The van der Waals surface area contributed by atoms with E-state index in [4.69, 9.17) is 25.8 Å². The molecule has 0 saturated heterocycles. The van der Waals surface area contributed by atoms with E-state index >= 15 is 0 Å². The molecule has 1 N–H and O–H groups in total. The highest BCUT2D eigenvalue weighted by Crippen LogP contribution is 2.37. The van der Waals surface area contributed by atoms with E-state index in [1.165, 1.54) is 26.4 Å². The summed E-state index contributed by atoms with van der Waals surface area (Å²) in [4.78, 5) is 32.9. The van der Waals surface area contributed by atoms with E-state index in [1.807, 2.05) is 5.32 Å². The lowest BCUT2D eigenvalue weighted by Gasteiger charge is -2.13. The lowest BCUT2D eigenvalue weighted by molar-refractivity contribution is -0.137. The number of alkyl halides is 3. The van der Waals surface area contributed by atoms with Crippen LogP contribution in [0.15, 0.2) is 48.8 Å². The lowest BCUT2D eigenvalue weighted by Crippen LogP contribution is -2.25. The van der Waals surface area contributed by atoms with E-state index in [-0.39, 0.29) is 5.88 Å². The molecule has 4 rings (SSSR count). The fraction of sp³-hybridized carbons (Fsp3) is 0.120. The number of fused-ring (bicyclic) bond motifs is 1. The van der Waals surface area contributed by atoms with Crippen LogP contribution in [0.25, 0.3) is 10.9 Å². The van der Waals surface area contributed by atoms with Crippen LogP contribution in [-0.2, 0) is 11.0 Å². The van der Waals surface area contributed by atoms with Gasteiger partial charge in [0.15, 0.2) is 11.5 Å². The quantitative estimate of drug-likeness (QED) is 0.161. The monoisotopic (exact) mass is 567 g/mol. The molecule has 0 aliphatic carbocycles. The number of carbonyl (C=O) groups is 2. The highest BCUT2D eigenvalue weighted by molar-refractivity contribution is 6.46. The standard InChI is InChI=1S/C25H15ClF5N3O5/c1-37-19-8-13-18(9-20(19)38-2)32-10-33-24(13)39-12-6-16(27)21(17(28)7-12)22(35)23(36)34-11-3-4-15(26)14(5-11)25(29,30)31/h3-10H,1-2H3,(H,34,36).